The molecule has 2 fully saturated rings. The molecule has 2 aromatic carbocycles. The molecule has 2 aromatic rings. The topological polar surface area (TPSA) is 43.9 Å². The van der Waals surface area contributed by atoms with Gasteiger partial charge >= 0.3 is 18.4 Å². The largest absolute Gasteiger partial charge is 0.416 e. The van der Waals surface area contributed by atoms with Crippen molar-refractivity contribution < 1.29 is 40.3 Å². The van der Waals surface area contributed by atoms with Gasteiger partial charge in [-0.25, -0.2) is 9.18 Å². The minimum Gasteiger partial charge on any atom is -0.335 e. The summed E-state index contributed by atoms with van der Waals surface area (Å²) < 4.78 is 93.7. The van der Waals surface area contributed by atoms with Gasteiger partial charge in [-0.1, -0.05) is 12.1 Å². The van der Waals surface area contributed by atoms with Crippen LogP contribution >= 0.6 is 0 Å². The van der Waals surface area contributed by atoms with Crippen LogP contribution in [0.1, 0.15) is 54.1 Å². The number of hydrogen-bond acceptors (Lipinski definition) is 2. The summed E-state index contributed by atoms with van der Waals surface area (Å²) in [6.45, 7) is 1.67. The van der Waals surface area contributed by atoms with Gasteiger partial charge in [0.1, 0.15) is 5.82 Å². The quantitative estimate of drug-likeness (QED) is 0.455. The van der Waals surface area contributed by atoms with Gasteiger partial charge in [0, 0.05) is 26.6 Å². The highest BCUT2D eigenvalue weighted by atomic mass is 19.4. The Hall–Kier alpha value is -3.31. The van der Waals surface area contributed by atoms with Gasteiger partial charge in [-0.2, -0.15) is 26.3 Å². The molecule has 0 aliphatic carbocycles. The Morgan fingerprint density at radius 2 is 1.54 bits per heavy atom. The van der Waals surface area contributed by atoms with Crippen molar-refractivity contribution in [1.29, 1.82) is 0 Å². The number of halogens is 7. The lowest BCUT2D eigenvalue weighted by atomic mass is 9.93. The number of carbonyl (C=O) groups is 2. The van der Waals surface area contributed by atoms with Gasteiger partial charge in [0.25, 0.3) is 0 Å². The first-order chi connectivity index (χ1) is 17.2. The third kappa shape index (κ3) is 5.24. The summed E-state index contributed by atoms with van der Waals surface area (Å²) in [5.41, 5.74) is -2.69. The maximum Gasteiger partial charge on any atom is 0.416 e. The molecular weight excluding hydrogens is 507 g/mol. The van der Waals surface area contributed by atoms with E-state index >= 15 is 0 Å². The molecule has 5 nitrogen and oxygen atoms in total. The van der Waals surface area contributed by atoms with Crippen LogP contribution in [0.25, 0.3) is 0 Å². The summed E-state index contributed by atoms with van der Waals surface area (Å²) in [5, 5.41) is 0. The molecule has 0 radical (unpaired) electrons. The summed E-state index contributed by atoms with van der Waals surface area (Å²) in [7, 11) is 1.30. The van der Waals surface area contributed by atoms with E-state index < -0.39 is 47.4 Å². The number of carbonyl (C=O) groups excluding carboxylic acids is 2. The van der Waals surface area contributed by atoms with Crippen molar-refractivity contribution in [2.75, 3.05) is 20.1 Å². The summed E-state index contributed by atoms with van der Waals surface area (Å²) in [4.78, 5) is 30.1. The second-order valence-corrected chi connectivity index (χ2v) is 9.29. The van der Waals surface area contributed by atoms with E-state index in [1.54, 1.807) is 4.90 Å². The Bertz CT molecular complexity index is 1150. The number of rotatable bonds is 3. The van der Waals surface area contributed by atoms with Crippen molar-refractivity contribution in [1.82, 2.24) is 14.7 Å². The molecular formula is C25H24F7N3O2. The molecule has 2 heterocycles. The van der Waals surface area contributed by atoms with E-state index in [-0.39, 0.29) is 43.1 Å². The normalized spacial score (nSPS) is 21.2. The molecule has 3 atom stereocenters. The van der Waals surface area contributed by atoms with E-state index in [1.165, 1.54) is 43.1 Å². The van der Waals surface area contributed by atoms with E-state index in [1.807, 2.05) is 0 Å². The number of urea groups is 1. The summed E-state index contributed by atoms with van der Waals surface area (Å²) in [6.07, 6.45) is -9.30. The van der Waals surface area contributed by atoms with E-state index in [2.05, 4.69) is 0 Å². The van der Waals surface area contributed by atoms with Gasteiger partial charge in [-0.05, 0) is 54.8 Å². The maximum atomic E-state index is 13.6. The molecule has 0 saturated carbocycles. The van der Waals surface area contributed by atoms with Gasteiger partial charge in [0.15, 0.2) is 0 Å². The molecule has 0 spiro atoms. The summed E-state index contributed by atoms with van der Waals surface area (Å²) in [6, 6.07) is 3.88. The SMILES string of the molecule is C[C@H](c1cc(C(F)(F)F)cc(C(F)(F)F)c1)N(C)C(=O)N1CCN2C(=O)CC[C@H]2[C@@H]1c1ccc(F)cc1. The number of fused-ring (bicyclic) bond motifs is 1. The molecule has 2 aliphatic heterocycles. The molecule has 0 unspecified atom stereocenters. The lowest BCUT2D eigenvalue weighted by molar-refractivity contribution is -0.143. The highest BCUT2D eigenvalue weighted by molar-refractivity contribution is 5.81. The van der Waals surface area contributed by atoms with Crippen molar-refractivity contribution in [3.8, 4) is 0 Å². The molecule has 2 aliphatic rings. The van der Waals surface area contributed by atoms with Crippen LogP contribution in [-0.2, 0) is 17.1 Å². The Balaban J connectivity index is 1.68. The molecule has 3 amide bonds. The van der Waals surface area contributed by atoms with Crippen LogP contribution in [0.15, 0.2) is 42.5 Å². The fraction of sp³-hybridized carbons (Fsp3) is 0.440. The third-order valence-electron chi connectivity index (χ3n) is 7.09. The van der Waals surface area contributed by atoms with Crippen LogP contribution in [0.5, 0.6) is 0 Å². The minimum absolute atomic E-state index is 0.0406. The first-order valence-corrected chi connectivity index (χ1v) is 11.6. The predicted octanol–water partition coefficient (Wildman–Crippen LogP) is 6.02. The van der Waals surface area contributed by atoms with Crippen molar-refractivity contribution in [3.63, 3.8) is 0 Å². The first kappa shape index (κ1) is 26.7. The number of amides is 3. The van der Waals surface area contributed by atoms with Crippen LogP contribution in [0, 0.1) is 5.82 Å². The maximum absolute atomic E-state index is 13.6. The van der Waals surface area contributed by atoms with Gasteiger partial charge < -0.3 is 14.7 Å². The third-order valence-corrected chi connectivity index (χ3v) is 7.09. The molecule has 4 rings (SSSR count). The van der Waals surface area contributed by atoms with E-state index in [9.17, 15) is 40.3 Å². The highest BCUT2D eigenvalue weighted by Crippen LogP contribution is 2.40. The van der Waals surface area contributed by atoms with E-state index in [0.29, 0.717) is 24.1 Å². The fourth-order valence-electron chi connectivity index (χ4n) is 5.03. The molecule has 0 bridgehead atoms. The number of alkyl halides is 6. The average Bonchev–Trinajstić information content (AvgIpc) is 3.22. The minimum atomic E-state index is -5.02. The zero-order chi connectivity index (χ0) is 27.3. The molecule has 12 heteroatoms. The number of nitrogens with zero attached hydrogens (tertiary/aromatic N) is 3. The monoisotopic (exact) mass is 531 g/mol. The Kier molecular flexibility index (Phi) is 6.89. The van der Waals surface area contributed by atoms with Crippen LogP contribution in [-0.4, -0.2) is 52.8 Å². The molecule has 37 heavy (non-hydrogen) atoms. The average molecular weight is 531 g/mol. The lowest BCUT2D eigenvalue weighted by Gasteiger charge is -2.46. The summed E-state index contributed by atoms with van der Waals surface area (Å²) in [5.74, 6) is -0.567. The zero-order valence-corrected chi connectivity index (χ0v) is 19.9. The van der Waals surface area contributed by atoms with Gasteiger partial charge in [-0.3, -0.25) is 4.79 Å². The van der Waals surface area contributed by atoms with Gasteiger partial charge in [0.2, 0.25) is 5.91 Å². The predicted molar refractivity (Wildman–Crippen MR) is 119 cm³/mol. The fourth-order valence-corrected chi connectivity index (χ4v) is 5.03. The van der Waals surface area contributed by atoms with E-state index in [4.69, 9.17) is 0 Å². The standard InChI is InChI=1S/C25H24F7N3O2/c1-14(16-11-17(24(27,28)29)13-18(12-16)25(30,31)32)33(2)23(37)35-10-9-34-20(7-8-21(34)36)22(35)15-3-5-19(26)6-4-15/h3-6,11-14,20,22H,7-10H2,1-2H3/t14-,20+,22+/m1/s1. The highest BCUT2D eigenvalue weighted by Gasteiger charge is 2.46. The lowest BCUT2D eigenvalue weighted by Crippen LogP contribution is -2.57. The molecule has 0 aromatic heterocycles. The Labute approximate surface area is 208 Å². The van der Waals surface area contributed by atoms with Crippen molar-refractivity contribution in [2.24, 2.45) is 0 Å². The van der Waals surface area contributed by atoms with Crippen molar-refractivity contribution in [3.05, 3.63) is 70.5 Å². The summed E-state index contributed by atoms with van der Waals surface area (Å²) >= 11 is 0. The first-order valence-electron chi connectivity index (χ1n) is 11.6. The molecule has 2 saturated heterocycles. The molecule has 200 valence electrons. The molecule has 0 N–H and O–H groups in total. The van der Waals surface area contributed by atoms with Gasteiger partial charge in [-0.15, -0.1) is 0 Å². The number of benzene rings is 2. The second kappa shape index (κ2) is 9.53. The Morgan fingerprint density at radius 3 is 2.08 bits per heavy atom. The number of piperazine rings is 1. The van der Waals surface area contributed by atoms with Gasteiger partial charge in [0.05, 0.1) is 29.3 Å². The zero-order valence-electron chi connectivity index (χ0n) is 19.9. The smallest absolute Gasteiger partial charge is 0.335 e. The van der Waals surface area contributed by atoms with Crippen LogP contribution < -0.4 is 0 Å². The second-order valence-electron chi connectivity index (χ2n) is 9.29. The van der Waals surface area contributed by atoms with Crippen LogP contribution in [0.4, 0.5) is 35.5 Å². The van der Waals surface area contributed by atoms with Crippen LogP contribution in [0.3, 0.4) is 0 Å². The van der Waals surface area contributed by atoms with Crippen molar-refractivity contribution >= 4 is 11.9 Å². The Morgan fingerprint density at radius 1 is 0.973 bits per heavy atom. The van der Waals surface area contributed by atoms with Crippen molar-refractivity contribution in [2.45, 2.75) is 50.2 Å². The van der Waals surface area contributed by atoms with E-state index in [0.717, 1.165) is 4.90 Å². The van der Waals surface area contributed by atoms with Crippen LogP contribution in [0.2, 0.25) is 0 Å². The number of hydrogen-bond donors (Lipinski definition) is 0.